The summed E-state index contributed by atoms with van der Waals surface area (Å²) in [7, 11) is 0. The number of nitrogens with one attached hydrogen (secondary N) is 1. The van der Waals surface area contributed by atoms with Gasteiger partial charge in [-0.1, -0.05) is 22.0 Å². The molecular formula is C12H4Br5N. The standard InChI is InChI=1S/C12H4Br5N/c13-4-2-1-3-5-6(4)7-8(14)9(15)10(16)11(17)12(7)18-5/h1-3,18H. The third kappa shape index (κ3) is 1.87. The molecule has 1 aromatic heterocycles. The average molecular weight is 562 g/mol. The summed E-state index contributed by atoms with van der Waals surface area (Å²) in [5, 5.41) is 2.33. The lowest BCUT2D eigenvalue weighted by molar-refractivity contribution is 1.49. The van der Waals surface area contributed by atoms with Gasteiger partial charge in [0, 0.05) is 34.2 Å². The molecule has 0 fully saturated rings. The Kier molecular flexibility index (Phi) is 3.69. The molecule has 0 saturated carbocycles. The summed E-state index contributed by atoms with van der Waals surface area (Å²) in [6.45, 7) is 0. The van der Waals surface area contributed by atoms with Gasteiger partial charge in [-0.15, -0.1) is 0 Å². The quantitative estimate of drug-likeness (QED) is 0.222. The van der Waals surface area contributed by atoms with Crippen molar-refractivity contribution in [1.29, 1.82) is 0 Å². The Labute approximate surface area is 145 Å². The zero-order valence-electron chi connectivity index (χ0n) is 8.62. The Morgan fingerprint density at radius 1 is 0.722 bits per heavy atom. The van der Waals surface area contributed by atoms with Crippen LogP contribution in [-0.4, -0.2) is 4.98 Å². The van der Waals surface area contributed by atoms with E-state index in [2.05, 4.69) is 90.7 Å². The maximum Gasteiger partial charge on any atom is 0.0633 e. The van der Waals surface area contributed by atoms with Crippen LogP contribution in [0.5, 0.6) is 0 Å². The number of aromatic amines is 1. The van der Waals surface area contributed by atoms with Gasteiger partial charge in [0.1, 0.15) is 0 Å². The molecule has 0 aliphatic rings. The van der Waals surface area contributed by atoms with E-state index in [-0.39, 0.29) is 0 Å². The summed E-state index contributed by atoms with van der Waals surface area (Å²) < 4.78 is 5.11. The first-order valence-electron chi connectivity index (χ1n) is 4.94. The minimum atomic E-state index is 0.990. The highest BCUT2D eigenvalue weighted by Crippen LogP contribution is 2.46. The van der Waals surface area contributed by atoms with E-state index < -0.39 is 0 Å². The van der Waals surface area contributed by atoms with E-state index in [4.69, 9.17) is 0 Å². The van der Waals surface area contributed by atoms with E-state index in [0.29, 0.717) is 0 Å². The van der Waals surface area contributed by atoms with Crippen molar-refractivity contribution in [3.05, 3.63) is 40.6 Å². The third-order valence-corrected chi connectivity index (χ3v) is 8.22. The molecule has 1 nitrogen and oxygen atoms in total. The first-order chi connectivity index (χ1) is 8.52. The molecule has 1 heterocycles. The number of hydrogen-bond donors (Lipinski definition) is 1. The zero-order chi connectivity index (χ0) is 13.0. The van der Waals surface area contributed by atoms with Gasteiger partial charge in [0.05, 0.1) is 9.99 Å². The predicted octanol–water partition coefficient (Wildman–Crippen LogP) is 7.13. The van der Waals surface area contributed by atoms with Crippen LogP contribution in [0.3, 0.4) is 0 Å². The van der Waals surface area contributed by atoms with E-state index in [0.717, 1.165) is 38.8 Å². The first-order valence-corrected chi connectivity index (χ1v) is 8.90. The molecule has 18 heavy (non-hydrogen) atoms. The maximum absolute atomic E-state index is 3.66. The van der Waals surface area contributed by atoms with Crippen molar-refractivity contribution in [2.45, 2.75) is 0 Å². The van der Waals surface area contributed by atoms with Crippen molar-refractivity contribution in [3.8, 4) is 0 Å². The van der Waals surface area contributed by atoms with Crippen molar-refractivity contribution < 1.29 is 0 Å². The molecule has 3 rings (SSSR count). The summed E-state index contributed by atoms with van der Waals surface area (Å²) in [4.78, 5) is 3.44. The van der Waals surface area contributed by atoms with Gasteiger partial charge in [-0.25, -0.2) is 0 Å². The molecular weight excluding hydrogens is 558 g/mol. The van der Waals surface area contributed by atoms with E-state index in [1.54, 1.807) is 0 Å². The number of benzene rings is 2. The molecule has 0 bridgehead atoms. The SMILES string of the molecule is Brc1c(Br)c(Br)c2c([nH]c3cccc(Br)c32)c1Br. The number of halogens is 5. The van der Waals surface area contributed by atoms with Crippen LogP contribution in [0.15, 0.2) is 40.6 Å². The van der Waals surface area contributed by atoms with Gasteiger partial charge < -0.3 is 4.98 Å². The number of aromatic nitrogens is 1. The van der Waals surface area contributed by atoms with E-state index >= 15 is 0 Å². The Hall–Kier alpha value is 0.640. The van der Waals surface area contributed by atoms with Gasteiger partial charge in [0.25, 0.3) is 0 Å². The molecule has 0 atom stereocenters. The number of rotatable bonds is 0. The van der Waals surface area contributed by atoms with Gasteiger partial charge in [0.15, 0.2) is 0 Å². The second kappa shape index (κ2) is 4.88. The summed E-state index contributed by atoms with van der Waals surface area (Å²) in [5.41, 5.74) is 2.17. The Morgan fingerprint density at radius 2 is 1.39 bits per heavy atom. The van der Waals surface area contributed by atoms with Crippen LogP contribution in [-0.2, 0) is 0 Å². The highest BCUT2D eigenvalue weighted by Gasteiger charge is 2.18. The smallest absolute Gasteiger partial charge is 0.0633 e. The minimum Gasteiger partial charge on any atom is -0.353 e. The topological polar surface area (TPSA) is 15.8 Å². The Balaban J connectivity index is 2.69. The van der Waals surface area contributed by atoms with Crippen LogP contribution >= 0.6 is 79.6 Å². The van der Waals surface area contributed by atoms with Gasteiger partial charge >= 0.3 is 0 Å². The fourth-order valence-electron chi connectivity index (χ4n) is 2.00. The van der Waals surface area contributed by atoms with E-state index in [1.165, 1.54) is 5.39 Å². The van der Waals surface area contributed by atoms with Gasteiger partial charge in [-0.3, -0.25) is 0 Å². The summed E-state index contributed by atoms with van der Waals surface area (Å²) in [5.74, 6) is 0. The molecule has 1 N–H and O–H groups in total. The monoisotopic (exact) mass is 557 g/mol. The third-order valence-electron chi connectivity index (χ3n) is 2.79. The largest absolute Gasteiger partial charge is 0.353 e. The fourth-order valence-corrected chi connectivity index (χ4v) is 4.98. The van der Waals surface area contributed by atoms with Gasteiger partial charge in [-0.2, -0.15) is 0 Å². The molecule has 0 spiro atoms. The second-order valence-corrected chi connectivity index (χ2v) is 7.82. The van der Waals surface area contributed by atoms with Gasteiger partial charge in [0.2, 0.25) is 0 Å². The molecule has 0 aliphatic heterocycles. The number of hydrogen-bond acceptors (Lipinski definition) is 0. The van der Waals surface area contributed by atoms with Crippen molar-refractivity contribution in [2.75, 3.05) is 0 Å². The second-order valence-electron chi connectivity index (χ2n) is 3.79. The highest BCUT2D eigenvalue weighted by molar-refractivity contribution is 9.15. The first kappa shape index (κ1) is 13.6. The molecule has 0 aliphatic carbocycles. The molecule has 0 amide bonds. The van der Waals surface area contributed by atoms with Crippen LogP contribution in [0.1, 0.15) is 0 Å². The van der Waals surface area contributed by atoms with Crippen molar-refractivity contribution in [2.24, 2.45) is 0 Å². The molecule has 92 valence electrons. The van der Waals surface area contributed by atoms with Crippen molar-refractivity contribution >= 4 is 101 Å². The molecule has 0 radical (unpaired) electrons. The van der Waals surface area contributed by atoms with E-state index in [1.807, 2.05) is 12.1 Å². The maximum atomic E-state index is 3.66. The average Bonchev–Trinajstić information content (AvgIpc) is 2.75. The highest BCUT2D eigenvalue weighted by atomic mass is 79.9. The lowest BCUT2D eigenvalue weighted by atomic mass is 10.1. The van der Waals surface area contributed by atoms with Crippen LogP contribution in [0.2, 0.25) is 0 Å². The van der Waals surface area contributed by atoms with Crippen LogP contribution in [0, 0.1) is 0 Å². The summed E-state index contributed by atoms with van der Waals surface area (Å²) >= 11 is 18.1. The number of H-pyrrole nitrogens is 1. The molecule has 2 aromatic carbocycles. The Morgan fingerprint density at radius 3 is 2.11 bits per heavy atom. The number of fused-ring (bicyclic) bond motifs is 3. The molecule has 3 aromatic rings. The van der Waals surface area contributed by atoms with Gasteiger partial charge in [-0.05, 0) is 75.9 Å². The summed E-state index contributed by atoms with van der Waals surface area (Å²) in [6.07, 6.45) is 0. The predicted molar refractivity (Wildman–Crippen MR) is 94.3 cm³/mol. The van der Waals surface area contributed by atoms with Crippen molar-refractivity contribution in [1.82, 2.24) is 4.98 Å². The molecule has 0 unspecified atom stereocenters. The van der Waals surface area contributed by atoms with Crippen LogP contribution < -0.4 is 0 Å². The Bertz CT molecular complexity index is 790. The van der Waals surface area contributed by atoms with Crippen LogP contribution in [0.4, 0.5) is 0 Å². The normalized spacial score (nSPS) is 11.6. The van der Waals surface area contributed by atoms with E-state index in [9.17, 15) is 0 Å². The lowest BCUT2D eigenvalue weighted by Crippen LogP contribution is -1.80. The lowest BCUT2D eigenvalue weighted by Gasteiger charge is -2.06. The molecule has 6 heteroatoms. The van der Waals surface area contributed by atoms with Crippen molar-refractivity contribution in [3.63, 3.8) is 0 Å². The van der Waals surface area contributed by atoms with Crippen LogP contribution in [0.25, 0.3) is 21.8 Å². The summed E-state index contributed by atoms with van der Waals surface area (Å²) in [6, 6.07) is 6.14. The zero-order valence-corrected chi connectivity index (χ0v) is 16.6. The fraction of sp³-hybridized carbons (Fsp3) is 0. The minimum absolute atomic E-state index is 0.990. The molecule has 0 saturated heterocycles.